The highest BCUT2D eigenvalue weighted by molar-refractivity contribution is 7.17. The summed E-state index contributed by atoms with van der Waals surface area (Å²) in [6, 6.07) is 1.27. The van der Waals surface area contributed by atoms with E-state index in [2.05, 4.69) is 15.3 Å². The average molecular weight is 265 g/mol. The van der Waals surface area contributed by atoms with Gasteiger partial charge in [-0.3, -0.25) is 0 Å². The second-order valence-electron chi connectivity index (χ2n) is 4.20. The zero-order valence-corrected chi connectivity index (χ0v) is 11.1. The molecule has 6 heteroatoms. The van der Waals surface area contributed by atoms with Gasteiger partial charge in [-0.25, -0.2) is 14.8 Å². The largest absolute Gasteiger partial charge is 0.480 e. The first kappa shape index (κ1) is 12.8. The standard InChI is InChI=1S/C12H15N3O2S/c1-3-7(2)9(12(16)17)15-11-10-8(4-5-18-10)13-6-14-11/h4-7,9H,3H2,1-2H3,(H,16,17)(H,13,14,15)/t7-,9-/m0/s1. The predicted octanol–water partition coefficient (Wildman–Crippen LogP) is 2.60. The van der Waals surface area contributed by atoms with Crippen LogP contribution in [0.1, 0.15) is 20.3 Å². The van der Waals surface area contributed by atoms with Gasteiger partial charge in [0.1, 0.15) is 18.2 Å². The van der Waals surface area contributed by atoms with Gasteiger partial charge in [0.2, 0.25) is 0 Å². The molecule has 0 aromatic carbocycles. The maximum absolute atomic E-state index is 11.3. The van der Waals surface area contributed by atoms with Crippen LogP contribution in [0.2, 0.25) is 0 Å². The molecule has 0 spiro atoms. The van der Waals surface area contributed by atoms with Crippen molar-refractivity contribution in [2.45, 2.75) is 26.3 Å². The van der Waals surface area contributed by atoms with Crippen LogP contribution in [0.4, 0.5) is 5.82 Å². The maximum Gasteiger partial charge on any atom is 0.326 e. The van der Waals surface area contributed by atoms with Crippen LogP contribution in [0.3, 0.4) is 0 Å². The van der Waals surface area contributed by atoms with Crippen molar-refractivity contribution in [3.8, 4) is 0 Å². The molecule has 0 aliphatic heterocycles. The molecule has 2 aromatic heterocycles. The van der Waals surface area contributed by atoms with E-state index in [0.29, 0.717) is 5.82 Å². The summed E-state index contributed by atoms with van der Waals surface area (Å²) in [7, 11) is 0. The number of aliphatic carboxylic acids is 1. The van der Waals surface area contributed by atoms with Crippen LogP contribution >= 0.6 is 11.3 Å². The Kier molecular flexibility index (Phi) is 3.76. The third kappa shape index (κ3) is 2.43. The van der Waals surface area contributed by atoms with Gasteiger partial charge in [-0.15, -0.1) is 11.3 Å². The van der Waals surface area contributed by atoms with Gasteiger partial charge in [-0.05, 0) is 17.4 Å². The molecule has 96 valence electrons. The Balaban J connectivity index is 2.31. The molecule has 0 saturated heterocycles. The van der Waals surface area contributed by atoms with Crippen molar-refractivity contribution in [3.63, 3.8) is 0 Å². The van der Waals surface area contributed by atoms with E-state index in [1.165, 1.54) is 17.7 Å². The van der Waals surface area contributed by atoms with E-state index in [1.54, 1.807) is 0 Å². The maximum atomic E-state index is 11.3. The van der Waals surface area contributed by atoms with Crippen LogP contribution in [0.5, 0.6) is 0 Å². The molecule has 2 aromatic rings. The molecule has 0 amide bonds. The van der Waals surface area contributed by atoms with Gasteiger partial charge in [0.25, 0.3) is 0 Å². The topological polar surface area (TPSA) is 75.1 Å². The van der Waals surface area contributed by atoms with Crippen LogP contribution in [0.25, 0.3) is 10.2 Å². The van der Waals surface area contributed by atoms with E-state index in [9.17, 15) is 9.90 Å². The monoisotopic (exact) mass is 265 g/mol. The highest BCUT2D eigenvalue weighted by atomic mass is 32.1. The second-order valence-corrected chi connectivity index (χ2v) is 5.12. The van der Waals surface area contributed by atoms with E-state index >= 15 is 0 Å². The minimum atomic E-state index is -0.854. The number of carboxylic acids is 1. The van der Waals surface area contributed by atoms with Crippen molar-refractivity contribution in [1.82, 2.24) is 9.97 Å². The van der Waals surface area contributed by atoms with Gasteiger partial charge in [0.05, 0.1) is 10.2 Å². The molecule has 0 aliphatic rings. The fourth-order valence-electron chi connectivity index (χ4n) is 1.72. The highest BCUT2D eigenvalue weighted by Crippen LogP contribution is 2.26. The molecule has 0 radical (unpaired) electrons. The van der Waals surface area contributed by atoms with Crippen LogP contribution < -0.4 is 5.32 Å². The van der Waals surface area contributed by atoms with Gasteiger partial charge in [0.15, 0.2) is 0 Å². The van der Waals surface area contributed by atoms with Gasteiger partial charge in [-0.2, -0.15) is 0 Å². The van der Waals surface area contributed by atoms with Crippen molar-refractivity contribution in [2.75, 3.05) is 5.32 Å². The molecular formula is C12H15N3O2S. The third-order valence-corrected chi connectivity index (χ3v) is 3.92. The summed E-state index contributed by atoms with van der Waals surface area (Å²) in [6.45, 7) is 3.89. The number of nitrogens with zero attached hydrogens (tertiary/aromatic N) is 2. The number of carbonyl (C=O) groups is 1. The summed E-state index contributed by atoms with van der Waals surface area (Å²) in [5, 5.41) is 14.2. The number of rotatable bonds is 5. The normalized spacial score (nSPS) is 14.3. The lowest BCUT2D eigenvalue weighted by Crippen LogP contribution is -2.35. The van der Waals surface area contributed by atoms with Gasteiger partial charge in [-0.1, -0.05) is 20.3 Å². The van der Waals surface area contributed by atoms with Gasteiger partial charge < -0.3 is 10.4 Å². The minimum Gasteiger partial charge on any atom is -0.480 e. The van der Waals surface area contributed by atoms with Crippen molar-refractivity contribution >= 4 is 33.3 Å². The Morgan fingerprint density at radius 1 is 1.56 bits per heavy atom. The van der Waals surface area contributed by atoms with Crippen molar-refractivity contribution in [1.29, 1.82) is 0 Å². The summed E-state index contributed by atoms with van der Waals surface area (Å²) in [5.74, 6) is -0.220. The zero-order valence-electron chi connectivity index (χ0n) is 10.3. The summed E-state index contributed by atoms with van der Waals surface area (Å²) >= 11 is 1.51. The number of fused-ring (bicyclic) bond motifs is 1. The average Bonchev–Trinajstić information content (AvgIpc) is 2.83. The lowest BCUT2D eigenvalue weighted by molar-refractivity contribution is -0.139. The second kappa shape index (κ2) is 5.30. The molecule has 2 atom stereocenters. The van der Waals surface area contributed by atoms with Gasteiger partial charge in [0, 0.05) is 0 Å². The van der Waals surface area contributed by atoms with Crippen LogP contribution in [-0.4, -0.2) is 27.1 Å². The fourth-order valence-corrected chi connectivity index (χ4v) is 2.52. The Morgan fingerprint density at radius 3 is 3.00 bits per heavy atom. The first-order valence-electron chi connectivity index (χ1n) is 5.81. The molecule has 0 bridgehead atoms. The van der Waals surface area contributed by atoms with Crippen LogP contribution in [0.15, 0.2) is 17.8 Å². The first-order chi connectivity index (χ1) is 8.63. The molecule has 18 heavy (non-hydrogen) atoms. The zero-order chi connectivity index (χ0) is 13.1. The van der Waals surface area contributed by atoms with Crippen LogP contribution in [0, 0.1) is 5.92 Å². The van der Waals surface area contributed by atoms with E-state index in [4.69, 9.17) is 0 Å². The molecule has 2 N–H and O–H groups in total. The minimum absolute atomic E-state index is 0.0347. The third-order valence-electron chi connectivity index (χ3n) is 3.01. The lowest BCUT2D eigenvalue weighted by atomic mass is 9.99. The lowest BCUT2D eigenvalue weighted by Gasteiger charge is -2.20. The Bertz CT molecular complexity index is 555. The number of carboxylic acid groups (broad SMARTS) is 1. The van der Waals surface area contributed by atoms with Crippen LogP contribution in [-0.2, 0) is 4.79 Å². The van der Waals surface area contributed by atoms with E-state index < -0.39 is 12.0 Å². The smallest absolute Gasteiger partial charge is 0.326 e. The number of thiophene rings is 1. The summed E-state index contributed by atoms with van der Waals surface area (Å²) < 4.78 is 0.895. The number of anilines is 1. The number of aromatic nitrogens is 2. The number of nitrogens with one attached hydrogen (secondary N) is 1. The summed E-state index contributed by atoms with van der Waals surface area (Å²) in [5.41, 5.74) is 0.839. The van der Waals surface area contributed by atoms with Crippen molar-refractivity contribution in [3.05, 3.63) is 17.8 Å². The number of hydrogen-bond acceptors (Lipinski definition) is 5. The Morgan fingerprint density at radius 2 is 2.33 bits per heavy atom. The summed E-state index contributed by atoms with van der Waals surface area (Å²) in [6.07, 6.45) is 2.25. The van der Waals surface area contributed by atoms with E-state index in [1.807, 2.05) is 25.3 Å². The molecule has 0 unspecified atom stereocenters. The van der Waals surface area contributed by atoms with Gasteiger partial charge >= 0.3 is 5.97 Å². The molecule has 2 rings (SSSR count). The number of hydrogen-bond donors (Lipinski definition) is 2. The van der Waals surface area contributed by atoms with Crippen molar-refractivity contribution < 1.29 is 9.90 Å². The first-order valence-corrected chi connectivity index (χ1v) is 6.69. The van der Waals surface area contributed by atoms with E-state index in [-0.39, 0.29) is 5.92 Å². The molecule has 0 aliphatic carbocycles. The molecule has 0 saturated carbocycles. The molecule has 2 heterocycles. The molecular weight excluding hydrogens is 250 g/mol. The molecule has 5 nitrogen and oxygen atoms in total. The Hall–Kier alpha value is -1.69. The Labute approximate surface area is 109 Å². The summed E-state index contributed by atoms with van der Waals surface area (Å²) in [4.78, 5) is 19.5. The van der Waals surface area contributed by atoms with Crippen molar-refractivity contribution in [2.24, 2.45) is 5.92 Å². The predicted molar refractivity (Wildman–Crippen MR) is 71.9 cm³/mol. The SMILES string of the molecule is CC[C@H](C)[C@H](Nc1ncnc2ccsc12)C(=O)O. The fraction of sp³-hybridized carbons (Fsp3) is 0.417. The quantitative estimate of drug-likeness (QED) is 0.869. The highest BCUT2D eigenvalue weighted by Gasteiger charge is 2.24. The molecule has 0 fully saturated rings. The van der Waals surface area contributed by atoms with E-state index in [0.717, 1.165) is 16.6 Å².